The Morgan fingerprint density at radius 2 is 1.84 bits per heavy atom. The van der Waals surface area contributed by atoms with E-state index in [2.05, 4.69) is 5.32 Å². The normalized spacial score (nSPS) is 11.7. The molecule has 0 fully saturated rings. The lowest BCUT2D eigenvalue weighted by atomic mass is 10.2. The summed E-state index contributed by atoms with van der Waals surface area (Å²) >= 11 is 13.8. The Balaban J connectivity index is 2.03. The van der Waals surface area contributed by atoms with Crippen LogP contribution in [0, 0.1) is 0 Å². The molecule has 0 bridgehead atoms. The molecule has 7 heteroatoms. The predicted molar refractivity (Wildman–Crippen MR) is 105 cm³/mol. The van der Waals surface area contributed by atoms with Crippen molar-refractivity contribution in [2.75, 3.05) is 19.5 Å². The molecule has 0 saturated carbocycles. The van der Waals surface area contributed by atoms with Gasteiger partial charge in [-0.25, -0.2) is 0 Å². The Bertz CT molecular complexity index is 735. The quantitative estimate of drug-likeness (QED) is 0.688. The lowest BCUT2D eigenvalue weighted by molar-refractivity contribution is -0.115. The van der Waals surface area contributed by atoms with E-state index in [0.717, 1.165) is 5.56 Å². The highest BCUT2D eigenvalue weighted by Gasteiger charge is 2.17. The molecule has 0 radical (unpaired) electrons. The van der Waals surface area contributed by atoms with E-state index in [4.69, 9.17) is 32.7 Å². The van der Waals surface area contributed by atoms with Crippen LogP contribution in [-0.2, 0) is 10.5 Å². The molecule has 0 aliphatic heterocycles. The predicted octanol–water partition coefficient (Wildman–Crippen LogP) is 5.27. The first kappa shape index (κ1) is 19.8. The minimum atomic E-state index is -0.303. The molecule has 0 spiro atoms. The summed E-state index contributed by atoms with van der Waals surface area (Å²) in [4.78, 5) is 12.5. The Morgan fingerprint density at radius 1 is 1.16 bits per heavy atom. The van der Waals surface area contributed by atoms with E-state index in [1.54, 1.807) is 50.6 Å². The van der Waals surface area contributed by atoms with E-state index in [1.807, 2.05) is 6.92 Å². The fraction of sp³-hybridized carbons (Fsp3) is 0.278. The summed E-state index contributed by atoms with van der Waals surface area (Å²) in [6, 6.07) is 10.6. The van der Waals surface area contributed by atoms with E-state index in [1.165, 1.54) is 11.8 Å². The van der Waals surface area contributed by atoms with Crippen molar-refractivity contribution in [3.05, 3.63) is 52.0 Å². The molecule has 0 heterocycles. The molecule has 4 nitrogen and oxygen atoms in total. The first-order valence-electron chi connectivity index (χ1n) is 7.53. The molecule has 2 aromatic carbocycles. The van der Waals surface area contributed by atoms with Crippen LogP contribution in [0.3, 0.4) is 0 Å². The summed E-state index contributed by atoms with van der Waals surface area (Å²) < 4.78 is 10.5. The molecule has 0 aromatic heterocycles. The van der Waals surface area contributed by atoms with E-state index in [0.29, 0.717) is 33.0 Å². The van der Waals surface area contributed by atoms with Gasteiger partial charge in [-0.05, 0) is 36.8 Å². The van der Waals surface area contributed by atoms with Crippen LogP contribution in [0.1, 0.15) is 12.5 Å². The maximum Gasteiger partial charge on any atom is 0.237 e. The third-order valence-corrected chi connectivity index (χ3v) is 5.45. The lowest BCUT2D eigenvalue weighted by Crippen LogP contribution is -2.23. The molecule has 134 valence electrons. The van der Waals surface area contributed by atoms with Gasteiger partial charge >= 0.3 is 0 Å². The van der Waals surface area contributed by atoms with Gasteiger partial charge in [-0.15, -0.1) is 11.8 Å². The first-order valence-corrected chi connectivity index (χ1v) is 9.34. The Morgan fingerprint density at radius 3 is 2.44 bits per heavy atom. The number of benzene rings is 2. The van der Waals surface area contributed by atoms with Crippen molar-refractivity contribution in [2.24, 2.45) is 0 Å². The minimum Gasteiger partial charge on any atom is -0.497 e. The Kier molecular flexibility index (Phi) is 7.29. The monoisotopic (exact) mass is 399 g/mol. The van der Waals surface area contributed by atoms with Gasteiger partial charge in [0.1, 0.15) is 11.5 Å². The van der Waals surface area contributed by atoms with E-state index < -0.39 is 0 Å². The van der Waals surface area contributed by atoms with Crippen LogP contribution in [0.4, 0.5) is 5.69 Å². The molecule has 1 amide bonds. The summed E-state index contributed by atoms with van der Waals surface area (Å²) in [5.41, 5.74) is 1.39. The molecular formula is C18H19Cl2NO3S. The van der Waals surface area contributed by atoms with Crippen molar-refractivity contribution in [3.8, 4) is 11.5 Å². The molecule has 2 aromatic rings. The number of thioether (sulfide) groups is 1. The second-order valence-corrected chi connectivity index (χ2v) is 7.35. The van der Waals surface area contributed by atoms with Gasteiger partial charge in [0.25, 0.3) is 0 Å². The van der Waals surface area contributed by atoms with Crippen LogP contribution in [0.25, 0.3) is 0 Å². The molecule has 0 aliphatic carbocycles. The number of halogens is 2. The summed E-state index contributed by atoms with van der Waals surface area (Å²) in [7, 11) is 3.12. The van der Waals surface area contributed by atoms with Crippen LogP contribution in [-0.4, -0.2) is 25.4 Å². The van der Waals surface area contributed by atoms with Crippen molar-refractivity contribution >= 4 is 46.6 Å². The van der Waals surface area contributed by atoms with Crippen molar-refractivity contribution in [1.29, 1.82) is 0 Å². The fourth-order valence-electron chi connectivity index (χ4n) is 2.10. The van der Waals surface area contributed by atoms with Crippen LogP contribution < -0.4 is 14.8 Å². The number of nitrogens with one attached hydrogen (secondary N) is 1. The highest BCUT2D eigenvalue weighted by molar-refractivity contribution is 7.99. The van der Waals surface area contributed by atoms with Gasteiger partial charge in [0.15, 0.2) is 0 Å². The maximum atomic E-state index is 12.5. The third kappa shape index (κ3) is 5.21. The molecule has 0 saturated heterocycles. The summed E-state index contributed by atoms with van der Waals surface area (Å²) in [6.07, 6.45) is 0. The summed E-state index contributed by atoms with van der Waals surface area (Å²) in [5.74, 6) is 1.61. The number of carbonyl (C=O) groups excluding carboxylic acids is 1. The van der Waals surface area contributed by atoms with Crippen LogP contribution >= 0.6 is 35.0 Å². The number of ether oxygens (including phenoxy) is 2. The molecule has 2 rings (SSSR count). The summed E-state index contributed by atoms with van der Waals surface area (Å²) in [5, 5.41) is 3.77. The van der Waals surface area contributed by atoms with Gasteiger partial charge in [-0.3, -0.25) is 4.79 Å². The van der Waals surface area contributed by atoms with Crippen LogP contribution in [0.5, 0.6) is 11.5 Å². The number of hydrogen-bond acceptors (Lipinski definition) is 4. The Labute approximate surface area is 161 Å². The van der Waals surface area contributed by atoms with Crippen LogP contribution in [0.15, 0.2) is 36.4 Å². The number of anilines is 1. The standard InChI is InChI=1S/C18H19Cl2NO3S/c1-11(25-10-13-14(19)5-4-6-15(13)20)18(22)21-16-9-12(23-2)7-8-17(16)24-3/h4-9,11H,10H2,1-3H3,(H,21,22). The van der Waals surface area contributed by atoms with Gasteiger partial charge in [0.05, 0.1) is 25.2 Å². The smallest absolute Gasteiger partial charge is 0.237 e. The van der Waals surface area contributed by atoms with Gasteiger partial charge in [-0.2, -0.15) is 0 Å². The topological polar surface area (TPSA) is 47.6 Å². The number of rotatable bonds is 7. The molecule has 1 atom stereocenters. The van der Waals surface area contributed by atoms with Crippen LogP contribution in [0.2, 0.25) is 10.0 Å². The average Bonchev–Trinajstić information content (AvgIpc) is 2.60. The zero-order chi connectivity index (χ0) is 18.4. The van der Waals surface area contributed by atoms with Gasteiger partial charge in [-0.1, -0.05) is 29.3 Å². The van der Waals surface area contributed by atoms with Crippen molar-refractivity contribution < 1.29 is 14.3 Å². The van der Waals surface area contributed by atoms with Crippen molar-refractivity contribution in [2.45, 2.75) is 17.9 Å². The largest absolute Gasteiger partial charge is 0.497 e. The average molecular weight is 400 g/mol. The number of methoxy groups -OCH3 is 2. The van der Waals surface area contributed by atoms with E-state index in [-0.39, 0.29) is 11.2 Å². The number of amides is 1. The lowest BCUT2D eigenvalue weighted by Gasteiger charge is -2.15. The molecule has 0 aliphatic rings. The molecule has 1 unspecified atom stereocenters. The highest BCUT2D eigenvalue weighted by Crippen LogP contribution is 2.32. The maximum absolute atomic E-state index is 12.5. The zero-order valence-electron chi connectivity index (χ0n) is 14.1. The van der Waals surface area contributed by atoms with Gasteiger partial charge in [0.2, 0.25) is 5.91 Å². The first-order chi connectivity index (χ1) is 12.0. The minimum absolute atomic E-state index is 0.139. The number of carbonyl (C=O) groups is 1. The third-order valence-electron chi connectivity index (χ3n) is 3.57. The fourth-order valence-corrected chi connectivity index (χ4v) is 3.73. The molecule has 1 N–H and O–H groups in total. The zero-order valence-corrected chi connectivity index (χ0v) is 16.5. The highest BCUT2D eigenvalue weighted by atomic mass is 35.5. The second-order valence-electron chi connectivity index (χ2n) is 5.21. The van der Waals surface area contributed by atoms with Gasteiger partial charge < -0.3 is 14.8 Å². The van der Waals surface area contributed by atoms with Gasteiger partial charge in [0, 0.05) is 21.9 Å². The SMILES string of the molecule is COc1ccc(OC)c(NC(=O)C(C)SCc2c(Cl)cccc2Cl)c1. The van der Waals surface area contributed by atoms with Crippen molar-refractivity contribution in [3.63, 3.8) is 0 Å². The molecular weight excluding hydrogens is 381 g/mol. The Hall–Kier alpha value is -1.56. The number of hydrogen-bond donors (Lipinski definition) is 1. The van der Waals surface area contributed by atoms with Crippen molar-refractivity contribution in [1.82, 2.24) is 0 Å². The molecule has 25 heavy (non-hydrogen) atoms. The van der Waals surface area contributed by atoms with E-state index in [9.17, 15) is 4.79 Å². The second kappa shape index (κ2) is 9.22. The van der Waals surface area contributed by atoms with E-state index >= 15 is 0 Å². The summed E-state index contributed by atoms with van der Waals surface area (Å²) in [6.45, 7) is 1.83.